The maximum absolute atomic E-state index is 11.8. The fraction of sp³-hybridized carbons (Fsp3) is 0.533. The third kappa shape index (κ3) is 2.04. The highest BCUT2D eigenvalue weighted by atomic mass is 32.2. The average molecular weight is 293 g/mol. The first-order chi connectivity index (χ1) is 9.63. The molecule has 1 aromatic carbocycles. The number of fused-ring (bicyclic) bond motifs is 2. The lowest BCUT2D eigenvalue weighted by Crippen LogP contribution is -2.50. The summed E-state index contributed by atoms with van der Waals surface area (Å²) < 4.78 is 5.28. The van der Waals surface area contributed by atoms with Crippen molar-refractivity contribution in [3.63, 3.8) is 0 Å². The molecule has 1 aromatic rings. The van der Waals surface area contributed by atoms with Crippen molar-refractivity contribution in [3.8, 4) is 5.75 Å². The Bertz CT molecular complexity index is 534. The fourth-order valence-corrected chi connectivity index (χ4v) is 4.75. The maximum atomic E-state index is 11.8. The minimum absolute atomic E-state index is 0.192. The number of hydrogen-bond donors (Lipinski definition) is 1. The van der Waals surface area contributed by atoms with Crippen molar-refractivity contribution >= 4 is 23.4 Å². The van der Waals surface area contributed by atoms with Crippen LogP contribution < -0.4 is 9.64 Å². The lowest BCUT2D eigenvalue weighted by Gasteiger charge is -2.47. The Labute approximate surface area is 123 Å². The number of carboxylic acid groups (broad SMARTS) is 1. The molecule has 0 radical (unpaired) electrons. The number of benzene rings is 1. The second-order valence-corrected chi connectivity index (χ2v) is 6.60. The SMILES string of the molecule is COc1ccc2c(c1)N(C)C1CCSCC1C2C(=O)O. The van der Waals surface area contributed by atoms with Gasteiger partial charge >= 0.3 is 5.97 Å². The van der Waals surface area contributed by atoms with Gasteiger partial charge in [0.1, 0.15) is 5.75 Å². The van der Waals surface area contributed by atoms with Gasteiger partial charge in [-0.1, -0.05) is 6.07 Å². The smallest absolute Gasteiger partial charge is 0.311 e. The van der Waals surface area contributed by atoms with Crippen LogP contribution in [-0.2, 0) is 4.79 Å². The van der Waals surface area contributed by atoms with Gasteiger partial charge in [-0.15, -0.1) is 0 Å². The Morgan fingerprint density at radius 3 is 3.00 bits per heavy atom. The number of anilines is 1. The van der Waals surface area contributed by atoms with Gasteiger partial charge in [0.15, 0.2) is 0 Å². The largest absolute Gasteiger partial charge is 0.497 e. The quantitative estimate of drug-likeness (QED) is 0.907. The highest BCUT2D eigenvalue weighted by Gasteiger charge is 2.44. The first kappa shape index (κ1) is 13.6. The molecule has 1 N–H and O–H groups in total. The van der Waals surface area contributed by atoms with Crippen LogP contribution in [0.15, 0.2) is 18.2 Å². The van der Waals surface area contributed by atoms with Gasteiger partial charge in [0.05, 0.1) is 13.0 Å². The van der Waals surface area contributed by atoms with Crippen LogP contribution in [0.25, 0.3) is 0 Å². The average Bonchev–Trinajstić information content (AvgIpc) is 2.47. The van der Waals surface area contributed by atoms with Crippen LogP contribution in [0.1, 0.15) is 17.9 Å². The van der Waals surface area contributed by atoms with Crippen molar-refractivity contribution in [2.75, 3.05) is 30.6 Å². The molecule has 3 atom stereocenters. The number of carbonyl (C=O) groups is 1. The van der Waals surface area contributed by atoms with Gasteiger partial charge < -0.3 is 14.7 Å². The summed E-state index contributed by atoms with van der Waals surface area (Å²) in [6.45, 7) is 0. The lowest BCUT2D eigenvalue weighted by molar-refractivity contribution is -0.140. The summed E-state index contributed by atoms with van der Waals surface area (Å²) in [6, 6.07) is 6.05. The van der Waals surface area contributed by atoms with Crippen molar-refractivity contribution < 1.29 is 14.6 Å². The molecule has 1 saturated heterocycles. The van der Waals surface area contributed by atoms with Crippen molar-refractivity contribution in [2.45, 2.75) is 18.4 Å². The Morgan fingerprint density at radius 2 is 2.30 bits per heavy atom. The zero-order chi connectivity index (χ0) is 14.3. The molecule has 0 amide bonds. The van der Waals surface area contributed by atoms with Crippen molar-refractivity contribution in [1.29, 1.82) is 0 Å². The van der Waals surface area contributed by atoms with E-state index < -0.39 is 11.9 Å². The first-order valence-corrected chi connectivity index (χ1v) is 8.00. The van der Waals surface area contributed by atoms with Gasteiger partial charge in [0.25, 0.3) is 0 Å². The van der Waals surface area contributed by atoms with E-state index in [4.69, 9.17) is 4.74 Å². The number of methoxy groups -OCH3 is 1. The molecule has 3 rings (SSSR count). The van der Waals surface area contributed by atoms with E-state index >= 15 is 0 Å². The zero-order valence-electron chi connectivity index (χ0n) is 11.7. The van der Waals surface area contributed by atoms with Gasteiger partial charge in [0, 0.05) is 30.8 Å². The maximum Gasteiger partial charge on any atom is 0.311 e. The van der Waals surface area contributed by atoms with Crippen LogP contribution in [0.5, 0.6) is 5.75 Å². The van der Waals surface area contributed by atoms with Gasteiger partial charge in [-0.25, -0.2) is 0 Å². The molecule has 0 spiro atoms. The van der Waals surface area contributed by atoms with Crippen LogP contribution in [-0.4, -0.2) is 42.8 Å². The van der Waals surface area contributed by atoms with Crippen molar-refractivity contribution in [2.24, 2.45) is 5.92 Å². The van der Waals surface area contributed by atoms with Crippen LogP contribution >= 0.6 is 11.8 Å². The molecule has 5 heteroatoms. The van der Waals surface area contributed by atoms with E-state index in [1.54, 1.807) is 7.11 Å². The second kappa shape index (κ2) is 5.20. The zero-order valence-corrected chi connectivity index (χ0v) is 12.5. The fourth-order valence-electron chi connectivity index (χ4n) is 3.49. The van der Waals surface area contributed by atoms with E-state index in [1.165, 1.54) is 0 Å². The highest BCUT2D eigenvalue weighted by molar-refractivity contribution is 7.99. The normalized spacial score (nSPS) is 28.5. The molecule has 0 saturated carbocycles. The minimum Gasteiger partial charge on any atom is -0.497 e. The molecule has 2 aliphatic heterocycles. The molecule has 2 aliphatic rings. The number of ether oxygens (including phenoxy) is 1. The Balaban J connectivity index is 2.11. The van der Waals surface area contributed by atoms with Crippen LogP contribution in [0.2, 0.25) is 0 Å². The van der Waals surface area contributed by atoms with E-state index in [9.17, 15) is 9.90 Å². The van der Waals surface area contributed by atoms with Crippen molar-refractivity contribution in [1.82, 2.24) is 0 Å². The van der Waals surface area contributed by atoms with Crippen molar-refractivity contribution in [3.05, 3.63) is 23.8 Å². The van der Waals surface area contributed by atoms with Crippen LogP contribution in [0.3, 0.4) is 0 Å². The lowest BCUT2D eigenvalue weighted by atomic mass is 9.76. The van der Waals surface area contributed by atoms with Crippen LogP contribution in [0.4, 0.5) is 5.69 Å². The molecule has 108 valence electrons. The Morgan fingerprint density at radius 1 is 1.50 bits per heavy atom. The molecule has 20 heavy (non-hydrogen) atoms. The van der Waals surface area contributed by atoms with E-state index in [0.29, 0.717) is 6.04 Å². The molecule has 3 unspecified atom stereocenters. The van der Waals surface area contributed by atoms with Gasteiger partial charge in [-0.3, -0.25) is 4.79 Å². The van der Waals surface area contributed by atoms with E-state index in [0.717, 1.165) is 34.9 Å². The molecule has 1 fully saturated rings. The summed E-state index contributed by atoms with van der Waals surface area (Å²) >= 11 is 1.87. The summed E-state index contributed by atoms with van der Waals surface area (Å²) in [4.78, 5) is 14.0. The predicted octanol–water partition coefficient (Wildman–Crippen LogP) is 2.43. The third-order valence-electron chi connectivity index (χ3n) is 4.51. The van der Waals surface area contributed by atoms with E-state index in [-0.39, 0.29) is 5.92 Å². The second-order valence-electron chi connectivity index (χ2n) is 5.45. The van der Waals surface area contributed by atoms with Gasteiger partial charge in [-0.05, 0) is 29.6 Å². The number of rotatable bonds is 2. The number of carboxylic acids is 1. The summed E-state index contributed by atoms with van der Waals surface area (Å²) in [5.41, 5.74) is 1.93. The molecule has 2 heterocycles. The standard InChI is InChI=1S/C15H19NO3S/c1-16-12-5-6-20-8-11(12)14(15(17)18)10-4-3-9(19-2)7-13(10)16/h3-4,7,11-12,14H,5-6,8H2,1-2H3,(H,17,18). The minimum atomic E-state index is -0.706. The number of aliphatic carboxylic acids is 1. The topological polar surface area (TPSA) is 49.8 Å². The van der Waals surface area contributed by atoms with Crippen LogP contribution in [0, 0.1) is 5.92 Å². The first-order valence-electron chi connectivity index (χ1n) is 6.85. The molecule has 4 nitrogen and oxygen atoms in total. The molecule has 0 aromatic heterocycles. The summed E-state index contributed by atoms with van der Waals surface area (Å²) in [7, 11) is 3.71. The molecular weight excluding hydrogens is 274 g/mol. The highest BCUT2D eigenvalue weighted by Crippen LogP contribution is 2.47. The molecule has 0 aliphatic carbocycles. The molecular formula is C15H19NO3S. The molecule has 0 bridgehead atoms. The van der Waals surface area contributed by atoms with Gasteiger partial charge in [0.2, 0.25) is 0 Å². The van der Waals surface area contributed by atoms with E-state index in [2.05, 4.69) is 11.9 Å². The monoisotopic (exact) mass is 293 g/mol. The summed E-state index contributed by atoms with van der Waals surface area (Å²) in [6.07, 6.45) is 1.05. The third-order valence-corrected chi connectivity index (χ3v) is 5.65. The summed E-state index contributed by atoms with van der Waals surface area (Å²) in [5.74, 6) is 1.90. The number of thioether (sulfide) groups is 1. The number of hydrogen-bond acceptors (Lipinski definition) is 4. The number of nitrogens with zero attached hydrogens (tertiary/aromatic N) is 1. The Hall–Kier alpha value is -1.36. The Kier molecular flexibility index (Phi) is 3.54. The van der Waals surface area contributed by atoms with E-state index in [1.807, 2.05) is 30.0 Å². The van der Waals surface area contributed by atoms with Gasteiger partial charge in [-0.2, -0.15) is 11.8 Å². The summed E-state index contributed by atoms with van der Waals surface area (Å²) in [5, 5.41) is 9.68. The predicted molar refractivity (Wildman–Crippen MR) is 81.0 cm³/mol.